The summed E-state index contributed by atoms with van der Waals surface area (Å²) in [4.78, 5) is 8.17. The van der Waals surface area contributed by atoms with E-state index in [-0.39, 0.29) is 0 Å². The van der Waals surface area contributed by atoms with Gasteiger partial charge in [0.2, 0.25) is 0 Å². The fraction of sp³-hybridized carbons (Fsp3) is 0.692. The van der Waals surface area contributed by atoms with E-state index in [4.69, 9.17) is 4.74 Å². The van der Waals surface area contributed by atoms with Crippen LogP contribution < -0.4 is 5.32 Å². The standard InChI is InChI=1S/C13H21N3O/c1-2-6-15-12(4-1)5-3-9-17-11-13-10-14-7-8-16-13/h7-8,10,12,15H,1-6,9,11H2. The Morgan fingerprint density at radius 2 is 2.35 bits per heavy atom. The number of piperidine rings is 1. The topological polar surface area (TPSA) is 47.0 Å². The highest BCUT2D eigenvalue weighted by Gasteiger charge is 2.11. The predicted molar refractivity (Wildman–Crippen MR) is 66.6 cm³/mol. The van der Waals surface area contributed by atoms with E-state index in [2.05, 4.69) is 15.3 Å². The molecule has 0 amide bonds. The van der Waals surface area contributed by atoms with E-state index in [1.807, 2.05) is 0 Å². The van der Waals surface area contributed by atoms with Crippen molar-refractivity contribution in [2.75, 3.05) is 13.2 Å². The third-order valence-corrected chi connectivity index (χ3v) is 3.12. The van der Waals surface area contributed by atoms with Crippen LogP contribution in [0.3, 0.4) is 0 Å². The monoisotopic (exact) mass is 235 g/mol. The van der Waals surface area contributed by atoms with Gasteiger partial charge in [0.05, 0.1) is 18.5 Å². The fourth-order valence-corrected chi connectivity index (χ4v) is 2.18. The van der Waals surface area contributed by atoms with E-state index in [0.29, 0.717) is 12.6 Å². The summed E-state index contributed by atoms with van der Waals surface area (Å²) in [6.45, 7) is 2.58. The van der Waals surface area contributed by atoms with Crippen LogP contribution in [0.1, 0.15) is 37.8 Å². The van der Waals surface area contributed by atoms with Crippen molar-refractivity contribution in [3.8, 4) is 0 Å². The van der Waals surface area contributed by atoms with E-state index in [9.17, 15) is 0 Å². The Kier molecular flexibility index (Phi) is 5.39. The number of nitrogens with one attached hydrogen (secondary N) is 1. The van der Waals surface area contributed by atoms with Crippen LogP contribution in [0.5, 0.6) is 0 Å². The lowest BCUT2D eigenvalue weighted by molar-refractivity contribution is 0.111. The van der Waals surface area contributed by atoms with Crippen LogP contribution in [0, 0.1) is 0 Å². The Hall–Kier alpha value is -1.00. The normalized spacial score (nSPS) is 20.4. The third kappa shape index (κ3) is 4.79. The predicted octanol–water partition coefficient (Wildman–Crippen LogP) is 1.92. The molecule has 2 heterocycles. The second-order valence-electron chi connectivity index (χ2n) is 4.54. The van der Waals surface area contributed by atoms with E-state index in [1.165, 1.54) is 32.2 Å². The minimum Gasteiger partial charge on any atom is -0.375 e. The molecule has 0 spiro atoms. The zero-order valence-electron chi connectivity index (χ0n) is 10.3. The van der Waals surface area contributed by atoms with Gasteiger partial charge in [0.15, 0.2) is 0 Å². The minimum atomic E-state index is 0.575. The first-order valence-electron chi connectivity index (χ1n) is 6.51. The molecule has 0 saturated carbocycles. The van der Waals surface area contributed by atoms with Gasteiger partial charge in [-0.1, -0.05) is 6.42 Å². The van der Waals surface area contributed by atoms with Crippen molar-refractivity contribution in [2.45, 2.75) is 44.8 Å². The first-order chi connectivity index (χ1) is 8.45. The Balaban J connectivity index is 1.51. The van der Waals surface area contributed by atoms with Crippen molar-refractivity contribution in [3.05, 3.63) is 24.3 Å². The third-order valence-electron chi connectivity index (χ3n) is 3.12. The zero-order chi connectivity index (χ0) is 11.8. The van der Waals surface area contributed by atoms with E-state index < -0.39 is 0 Å². The van der Waals surface area contributed by atoms with Crippen LogP contribution in [0.25, 0.3) is 0 Å². The molecule has 1 atom stereocenters. The molecule has 17 heavy (non-hydrogen) atoms. The molecule has 1 unspecified atom stereocenters. The zero-order valence-corrected chi connectivity index (χ0v) is 10.3. The first-order valence-corrected chi connectivity index (χ1v) is 6.51. The van der Waals surface area contributed by atoms with E-state index >= 15 is 0 Å². The SMILES string of the molecule is c1cnc(COCCCC2CCCCN2)cn1. The summed E-state index contributed by atoms with van der Waals surface area (Å²) < 4.78 is 5.58. The molecule has 2 rings (SSSR count). The molecular weight excluding hydrogens is 214 g/mol. The molecule has 1 fully saturated rings. The summed E-state index contributed by atoms with van der Waals surface area (Å²) in [6, 6.07) is 0.712. The highest BCUT2D eigenvalue weighted by Crippen LogP contribution is 2.11. The summed E-state index contributed by atoms with van der Waals surface area (Å²) in [7, 11) is 0. The van der Waals surface area contributed by atoms with Gasteiger partial charge in [0, 0.05) is 25.0 Å². The number of nitrogens with zero attached hydrogens (tertiary/aromatic N) is 2. The summed E-state index contributed by atoms with van der Waals surface area (Å²) in [5.41, 5.74) is 0.906. The molecule has 4 heteroatoms. The molecule has 0 radical (unpaired) electrons. The number of hydrogen-bond donors (Lipinski definition) is 1. The summed E-state index contributed by atoms with van der Waals surface area (Å²) in [5, 5.41) is 3.55. The van der Waals surface area contributed by atoms with Crippen LogP contribution >= 0.6 is 0 Å². The Morgan fingerprint density at radius 3 is 3.12 bits per heavy atom. The maximum absolute atomic E-state index is 5.58. The van der Waals surface area contributed by atoms with Crippen molar-refractivity contribution in [3.63, 3.8) is 0 Å². The molecule has 0 aliphatic carbocycles. The van der Waals surface area contributed by atoms with Crippen LogP contribution in [0.2, 0.25) is 0 Å². The largest absolute Gasteiger partial charge is 0.375 e. The quantitative estimate of drug-likeness (QED) is 0.765. The molecule has 94 valence electrons. The van der Waals surface area contributed by atoms with Gasteiger partial charge >= 0.3 is 0 Å². The molecule has 1 N–H and O–H groups in total. The van der Waals surface area contributed by atoms with Gasteiger partial charge in [-0.3, -0.25) is 9.97 Å². The van der Waals surface area contributed by atoms with Crippen molar-refractivity contribution in [1.82, 2.24) is 15.3 Å². The molecular formula is C13H21N3O. The van der Waals surface area contributed by atoms with Gasteiger partial charge in [-0.25, -0.2) is 0 Å². The minimum absolute atomic E-state index is 0.575. The molecule has 4 nitrogen and oxygen atoms in total. The van der Waals surface area contributed by atoms with E-state index in [1.54, 1.807) is 18.6 Å². The van der Waals surface area contributed by atoms with Crippen molar-refractivity contribution in [2.24, 2.45) is 0 Å². The van der Waals surface area contributed by atoms with Crippen molar-refractivity contribution in [1.29, 1.82) is 0 Å². The average molecular weight is 235 g/mol. The molecule has 1 aromatic rings. The number of rotatable bonds is 6. The molecule has 0 aromatic carbocycles. The second kappa shape index (κ2) is 7.35. The highest BCUT2D eigenvalue weighted by atomic mass is 16.5. The molecule has 1 aliphatic rings. The summed E-state index contributed by atoms with van der Waals surface area (Å²) in [5.74, 6) is 0. The Bertz CT molecular complexity index is 299. The van der Waals surface area contributed by atoms with Crippen molar-refractivity contribution >= 4 is 0 Å². The van der Waals surface area contributed by atoms with Crippen LogP contribution in [0.4, 0.5) is 0 Å². The maximum Gasteiger partial charge on any atom is 0.0903 e. The van der Waals surface area contributed by atoms with Gasteiger partial charge in [0.25, 0.3) is 0 Å². The number of hydrogen-bond acceptors (Lipinski definition) is 4. The van der Waals surface area contributed by atoms with Gasteiger partial charge in [-0.15, -0.1) is 0 Å². The van der Waals surface area contributed by atoms with Gasteiger partial charge in [-0.2, -0.15) is 0 Å². The lowest BCUT2D eigenvalue weighted by Crippen LogP contribution is -2.33. The number of aromatic nitrogens is 2. The Labute approximate surface area is 103 Å². The lowest BCUT2D eigenvalue weighted by Gasteiger charge is -2.23. The Morgan fingerprint density at radius 1 is 1.35 bits per heavy atom. The number of ether oxygens (including phenoxy) is 1. The smallest absolute Gasteiger partial charge is 0.0903 e. The van der Waals surface area contributed by atoms with Gasteiger partial charge in [0.1, 0.15) is 0 Å². The highest BCUT2D eigenvalue weighted by molar-refractivity contribution is 4.91. The van der Waals surface area contributed by atoms with Crippen LogP contribution in [-0.4, -0.2) is 29.2 Å². The molecule has 1 saturated heterocycles. The second-order valence-corrected chi connectivity index (χ2v) is 4.54. The molecule has 1 aliphatic heterocycles. The van der Waals surface area contributed by atoms with Crippen LogP contribution in [0.15, 0.2) is 18.6 Å². The summed E-state index contributed by atoms with van der Waals surface area (Å²) >= 11 is 0. The maximum atomic E-state index is 5.58. The van der Waals surface area contributed by atoms with E-state index in [0.717, 1.165) is 18.7 Å². The van der Waals surface area contributed by atoms with Gasteiger partial charge in [-0.05, 0) is 32.2 Å². The average Bonchev–Trinajstić information content (AvgIpc) is 2.41. The fourth-order valence-electron chi connectivity index (χ4n) is 2.18. The first kappa shape index (κ1) is 12.5. The molecule has 0 bridgehead atoms. The summed E-state index contributed by atoms with van der Waals surface area (Å²) in [6.07, 6.45) is 11.5. The van der Waals surface area contributed by atoms with Crippen molar-refractivity contribution < 1.29 is 4.74 Å². The lowest BCUT2D eigenvalue weighted by atomic mass is 10.0. The molecule has 1 aromatic heterocycles. The van der Waals surface area contributed by atoms with Crippen LogP contribution in [-0.2, 0) is 11.3 Å². The van der Waals surface area contributed by atoms with Gasteiger partial charge < -0.3 is 10.1 Å².